The highest BCUT2D eigenvalue weighted by Gasteiger charge is 2.52. The lowest BCUT2D eigenvalue weighted by Crippen LogP contribution is -2.44. The van der Waals surface area contributed by atoms with E-state index in [9.17, 15) is 4.79 Å². The molecule has 1 aromatic carbocycles. The Labute approximate surface area is 119 Å². The van der Waals surface area contributed by atoms with Gasteiger partial charge in [0, 0.05) is 30.3 Å². The first-order chi connectivity index (χ1) is 9.66. The number of nitrogens with one attached hydrogen (secondary N) is 1. The van der Waals surface area contributed by atoms with E-state index < -0.39 is 0 Å². The second-order valence-corrected chi connectivity index (χ2v) is 6.10. The number of rotatable bonds is 4. The van der Waals surface area contributed by atoms with Crippen LogP contribution in [-0.4, -0.2) is 30.3 Å². The van der Waals surface area contributed by atoms with Gasteiger partial charge in [-0.25, -0.2) is 4.79 Å². The number of aliphatic hydroxyl groups is 1. The van der Waals surface area contributed by atoms with Crippen molar-refractivity contribution in [1.29, 1.82) is 0 Å². The highest BCUT2D eigenvalue weighted by molar-refractivity contribution is 5.95. The number of anilines is 1. The second kappa shape index (κ2) is 5.09. The maximum absolute atomic E-state index is 12.4. The number of carbonyl (C=O) groups excluding carboxylic acids is 1. The lowest BCUT2D eigenvalue weighted by Gasteiger charge is -2.21. The van der Waals surface area contributed by atoms with Crippen molar-refractivity contribution >= 4 is 11.7 Å². The minimum absolute atomic E-state index is 0.00772. The predicted molar refractivity (Wildman–Crippen MR) is 79.0 cm³/mol. The van der Waals surface area contributed by atoms with Gasteiger partial charge in [-0.05, 0) is 44.2 Å². The third-order valence-electron chi connectivity index (χ3n) is 4.49. The first-order valence-electron chi connectivity index (χ1n) is 7.45. The van der Waals surface area contributed by atoms with Crippen LogP contribution >= 0.6 is 0 Å². The van der Waals surface area contributed by atoms with E-state index >= 15 is 0 Å². The van der Waals surface area contributed by atoms with E-state index in [4.69, 9.17) is 5.11 Å². The van der Waals surface area contributed by atoms with Crippen LogP contribution in [0.2, 0.25) is 0 Å². The molecule has 2 aliphatic rings. The summed E-state index contributed by atoms with van der Waals surface area (Å²) in [7, 11) is 0. The standard InChI is InChI=1S/C16H22N2O2/c1-12(5-4-10-19)17-15(20)18-11-16(8-9-16)13-6-2-3-7-14(13)18/h2-3,6-7,12,19H,4-5,8-11H2,1H3,(H,17,20). The molecule has 108 valence electrons. The van der Waals surface area contributed by atoms with Gasteiger partial charge in [0.1, 0.15) is 0 Å². The molecule has 1 fully saturated rings. The van der Waals surface area contributed by atoms with Crippen LogP contribution in [0.15, 0.2) is 24.3 Å². The fourth-order valence-corrected chi connectivity index (χ4v) is 3.15. The first kappa shape index (κ1) is 13.4. The van der Waals surface area contributed by atoms with Gasteiger partial charge in [0.25, 0.3) is 0 Å². The fraction of sp³-hybridized carbons (Fsp3) is 0.562. The number of urea groups is 1. The molecule has 1 aromatic rings. The van der Waals surface area contributed by atoms with Crippen LogP contribution in [0.25, 0.3) is 0 Å². The van der Waals surface area contributed by atoms with Crippen LogP contribution in [0.3, 0.4) is 0 Å². The third kappa shape index (κ3) is 2.29. The molecule has 1 saturated carbocycles. The van der Waals surface area contributed by atoms with E-state index in [2.05, 4.69) is 17.4 Å². The summed E-state index contributed by atoms with van der Waals surface area (Å²) in [6, 6.07) is 8.34. The van der Waals surface area contributed by atoms with Crippen LogP contribution in [0, 0.1) is 0 Å². The lowest BCUT2D eigenvalue weighted by molar-refractivity contribution is 0.239. The van der Waals surface area contributed by atoms with Crippen molar-refractivity contribution in [3.63, 3.8) is 0 Å². The van der Waals surface area contributed by atoms with Gasteiger partial charge in [-0.2, -0.15) is 0 Å². The number of para-hydroxylation sites is 1. The second-order valence-electron chi connectivity index (χ2n) is 6.10. The molecule has 20 heavy (non-hydrogen) atoms. The van der Waals surface area contributed by atoms with Crippen molar-refractivity contribution in [3.05, 3.63) is 29.8 Å². The monoisotopic (exact) mass is 274 g/mol. The van der Waals surface area contributed by atoms with E-state index in [0.29, 0.717) is 0 Å². The number of benzene rings is 1. The molecule has 1 spiro atoms. The molecule has 4 heteroatoms. The highest BCUT2D eigenvalue weighted by Crippen LogP contribution is 2.56. The highest BCUT2D eigenvalue weighted by atomic mass is 16.3. The van der Waals surface area contributed by atoms with Crippen molar-refractivity contribution in [2.75, 3.05) is 18.1 Å². The number of hydrogen-bond donors (Lipinski definition) is 2. The zero-order valence-corrected chi connectivity index (χ0v) is 11.9. The van der Waals surface area contributed by atoms with Gasteiger partial charge in [-0.1, -0.05) is 18.2 Å². The maximum Gasteiger partial charge on any atom is 0.322 e. The quantitative estimate of drug-likeness (QED) is 0.886. The van der Waals surface area contributed by atoms with Crippen molar-refractivity contribution < 1.29 is 9.90 Å². The van der Waals surface area contributed by atoms with Gasteiger partial charge in [0.2, 0.25) is 0 Å². The van der Waals surface area contributed by atoms with E-state index in [1.165, 1.54) is 18.4 Å². The van der Waals surface area contributed by atoms with E-state index in [1.807, 2.05) is 24.0 Å². The molecule has 0 aromatic heterocycles. The fourth-order valence-electron chi connectivity index (χ4n) is 3.15. The number of aliphatic hydroxyl groups excluding tert-OH is 1. The van der Waals surface area contributed by atoms with Gasteiger partial charge in [0.05, 0.1) is 0 Å². The summed E-state index contributed by atoms with van der Waals surface area (Å²) in [6.07, 6.45) is 3.91. The van der Waals surface area contributed by atoms with E-state index in [-0.39, 0.29) is 24.1 Å². The molecule has 3 rings (SSSR count). The van der Waals surface area contributed by atoms with Gasteiger partial charge < -0.3 is 10.4 Å². The molecule has 0 bridgehead atoms. The molecule has 0 saturated heterocycles. The van der Waals surface area contributed by atoms with Gasteiger partial charge >= 0.3 is 6.03 Å². The molecular formula is C16H22N2O2. The third-order valence-corrected chi connectivity index (χ3v) is 4.49. The normalized spacial score (nSPS) is 19.8. The SMILES string of the molecule is CC(CCCO)NC(=O)N1CC2(CC2)c2ccccc21. The summed E-state index contributed by atoms with van der Waals surface area (Å²) in [5.41, 5.74) is 2.64. The van der Waals surface area contributed by atoms with Crippen LogP contribution in [0.4, 0.5) is 10.5 Å². The van der Waals surface area contributed by atoms with E-state index in [0.717, 1.165) is 25.1 Å². The Balaban J connectivity index is 1.71. The molecule has 2 amide bonds. The lowest BCUT2D eigenvalue weighted by atomic mass is 9.99. The van der Waals surface area contributed by atoms with E-state index in [1.54, 1.807) is 0 Å². The topological polar surface area (TPSA) is 52.6 Å². The molecule has 2 N–H and O–H groups in total. The summed E-state index contributed by atoms with van der Waals surface area (Å²) >= 11 is 0. The molecule has 1 atom stereocenters. The van der Waals surface area contributed by atoms with Crippen molar-refractivity contribution in [1.82, 2.24) is 5.32 Å². The predicted octanol–water partition coefficient (Wildman–Crippen LogP) is 2.41. The number of carbonyl (C=O) groups is 1. The smallest absolute Gasteiger partial charge is 0.322 e. The van der Waals surface area contributed by atoms with Crippen LogP contribution in [0.1, 0.15) is 38.2 Å². The summed E-state index contributed by atoms with van der Waals surface area (Å²) in [4.78, 5) is 14.3. The molecule has 1 aliphatic carbocycles. The maximum atomic E-state index is 12.4. The van der Waals surface area contributed by atoms with Crippen molar-refractivity contribution in [2.45, 2.75) is 44.1 Å². The van der Waals surface area contributed by atoms with Crippen LogP contribution in [-0.2, 0) is 5.41 Å². The molecular weight excluding hydrogens is 252 g/mol. The minimum atomic E-state index is -0.00772. The number of amides is 2. The first-order valence-corrected chi connectivity index (χ1v) is 7.45. The summed E-state index contributed by atoms with van der Waals surface area (Å²) in [5.74, 6) is 0. The Bertz CT molecular complexity index is 511. The molecule has 0 radical (unpaired) electrons. The number of nitrogens with zero attached hydrogens (tertiary/aromatic N) is 1. The molecule has 4 nitrogen and oxygen atoms in total. The summed E-state index contributed by atoms with van der Waals surface area (Å²) in [5, 5.41) is 11.9. The van der Waals surface area contributed by atoms with Gasteiger partial charge in [-0.3, -0.25) is 4.90 Å². The summed E-state index contributed by atoms with van der Waals surface area (Å²) < 4.78 is 0. The van der Waals surface area contributed by atoms with Crippen molar-refractivity contribution in [3.8, 4) is 0 Å². The Morgan fingerprint density at radius 2 is 2.20 bits per heavy atom. The Morgan fingerprint density at radius 1 is 1.45 bits per heavy atom. The number of hydrogen-bond acceptors (Lipinski definition) is 2. The average molecular weight is 274 g/mol. The molecule has 1 unspecified atom stereocenters. The average Bonchev–Trinajstić information content (AvgIpc) is 3.15. The Morgan fingerprint density at radius 3 is 2.90 bits per heavy atom. The van der Waals surface area contributed by atoms with Gasteiger partial charge in [-0.15, -0.1) is 0 Å². The Hall–Kier alpha value is -1.55. The minimum Gasteiger partial charge on any atom is -0.396 e. The largest absolute Gasteiger partial charge is 0.396 e. The Kier molecular flexibility index (Phi) is 3.42. The zero-order chi connectivity index (χ0) is 14.2. The van der Waals surface area contributed by atoms with Crippen LogP contribution in [0.5, 0.6) is 0 Å². The molecule has 1 aliphatic heterocycles. The number of fused-ring (bicyclic) bond motifs is 2. The molecule has 1 heterocycles. The summed E-state index contributed by atoms with van der Waals surface area (Å²) in [6.45, 7) is 2.98. The van der Waals surface area contributed by atoms with Gasteiger partial charge in [0.15, 0.2) is 0 Å². The van der Waals surface area contributed by atoms with Crippen molar-refractivity contribution in [2.24, 2.45) is 0 Å². The van der Waals surface area contributed by atoms with Crippen LogP contribution < -0.4 is 10.2 Å². The zero-order valence-electron chi connectivity index (χ0n) is 11.9.